The first kappa shape index (κ1) is 28.2. The zero-order chi connectivity index (χ0) is 24.5. The highest BCUT2D eigenvalue weighted by molar-refractivity contribution is 7.97. The first-order valence-corrected chi connectivity index (χ1v) is 13.8. The lowest BCUT2D eigenvalue weighted by molar-refractivity contribution is 0.104. The minimum absolute atomic E-state index is 0.216. The third kappa shape index (κ3) is 8.92. The van der Waals surface area contributed by atoms with Crippen molar-refractivity contribution in [1.29, 1.82) is 0 Å². The Kier molecular flexibility index (Phi) is 11.8. The fraction of sp³-hybridized carbons (Fsp3) is 0.565. The van der Waals surface area contributed by atoms with Crippen LogP contribution in [0.15, 0.2) is 12.1 Å². The van der Waals surface area contributed by atoms with E-state index in [0.29, 0.717) is 32.6 Å². The summed E-state index contributed by atoms with van der Waals surface area (Å²) in [6, 6.07) is 3.95. The highest BCUT2D eigenvalue weighted by Crippen LogP contribution is 2.35. The van der Waals surface area contributed by atoms with Crippen LogP contribution in [0.3, 0.4) is 0 Å². The highest BCUT2D eigenvalue weighted by atomic mass is 35.5. The van der Waals surface area contributed by atoms with Gasteiger partial charge in [0.1, 0.15) is 10.7 Å². The predicted octanol–water partition coefficient (Wildman–Crippen LogP) is 6.32. The summed E-state index contributed by atoms with van der Waals surface area (Å²) in [5, 5.41) is 9.90. The van der Waals surface area contributed by atoms with E-state index in [4.69, 9.17) is 34.1 Å². The van der Waals surface area contributed by atoms with Crippen LogP contribution in [0.2, 0.25) is 10.0 Å². The van der Waals surface area contributed by atoms with Gasteiger partial charge in [0.05, 0.1) is 15.6 Å². The summed E-state index contributed by atoms with van der Waals surface area (Å²) in [7, 11) is 3.92. The molecule has 3 rings (SSSR count). The third-order valence-corrected chi connectivity index (χ3v) is 7.51. The summed E-state index contributed by atoms with van der Waals surface area (Å²) in [4.78, 5) is 19.8. The van der Waals surface area contributed by atoms with E-state index in [-0.39, 0.29) is 17.2 Å². The molecule has 33 heavy (non-hydrogen) atoms. The number of nitrogens with zero attached hydrogens (tertiary/aromatic N) is 2. The number of nitrogens with two attached hydrogens (primary N) is 2. The second kappa shape index (κ2) is 13.8. The van der Waals surface area contributed by atoms with Gasteiger partial charge in [-0.05, 0) is 50.6 Å². The number of nitrogens with one attached hydrogen (secondary N) is 1. The quantitative estimate of drug-likeness (QED) is 0.270. The number of anilines is 2. The molecule has 2 aromatic rings. The fourth-order valence-electron chi connectivity index (χ4n) is 3.58. The van der Waals surface area contributed by atoms with Crippen LogP contribution >= 0.6 is 46.5 Å². The van der Waals surface area contributed by atoms with E-state index in [1.54, 1.807) is 12.1 Å². The zero-order valence-corrected chi connectivity index (χ0v) is 22.9. The SMILES string of the molecule is CC(C)CSN.CN(C)Cc1cc(Cl)c(C(=O)c2sc(NC3CCCCC3)nc2N)c(Cl)c1. The second-order valence-corrected chi connectivity index (χ2v) is 11.4. The van der Waals surface area contributed by atoms with Crippen molar-refractivity contribution in [1.82, 2.24) is 9.88 Å². The Labute approximate surface area is 215 Å². The number of hydrogen-bond donors (Lipinski definition) is 3. The molecule has 0 aliphatic heterocycles. The number of aromatic nitrogens is 1. The van der Waals surface area contributed by atoms with E-state index in [2.05, 4.69) is 24.1 Å². The molecule has 1 aromatic heterocycles. The number of rotatable bonds is 8. The lowest BCUT2D eigenvalue weighted by atomic mass is 9.96. The molecule has 184 valence electrons. The van der Waals surface area contributed by atoms with Crippen LogP contribution in [0.4, 0.5) is 10.9 Å². The molecule has 0 radical (unpaired) electrons. The highest BCUT2D eigenvalue weighted by Gasteiger charge is 2.24. The number of carbonyl (C=O) groups excluding carboxylic acids is 1. The number of hydrogen-bond acceptors (Lipinski definition) is 8. The van der Waals surface area contributed by atoms with Crippen molar-refractivity contribution in [2.75, 3.05) is 30.9 Å². The van der Waals surface area contributed by atoms with E-state index >= 15 is 0 Å². The van der Waals surface area contributed by atoms with Gasteiger partial charge in [0.15, 0.2) is 5.13 Å². The maximum absolute atomic E-state index is 13.0. The normalized spacial score (nSPS) is 14.3. The Morgan fingerprint density at radius 1 is 1.24 bits per heavy atom. The zero-order valence-electron chi connectivity index (χ0n) is 19.8. The van der Waals surface area contributed by atoms with Gasteiger partial charge in [0.2, 0.25) is 5.78 Å². The minimum atomic E-state index is -0.284. The largest absolute Gasteiger partial charge is 0.382 e. The Morgan fingerprint density at radius 3 is 2.33 bits per heavy atom. The van der Waals surface area contributed by atoms with Crippen molar-refractivity contribution in [3.05, 3.63) is 38.2 Å². The van der Waals surface area contributed by atoms with Crippen LogP contribution in [0.5, 0.6) is 0 Å². The van der Waals surface area contributed by atoms with E-state index in [9.17, 15) is 4.79 Å². The van der Waals surface area contributed by atoms with Gasteiger partial charge in [-0.25, -0.2) is 4.98 Å². The van der Waals surface area contributed by atoms with Crippen molar-refractivity contribution in [2.24, 2.45) is 11.1 Å². The average molecular weight is 533 g/mol. The van der Waals surface area contributed by atoms with Gasteiger partial charge in [-0.3, -0.25) is 9.93 Å². The molecule has 0 unspecified atom stereocenters. The molecule has 1 saturated carbocycles. The molecule has 0 spiro atoms. The molecule has 10 heteroatoms. The van der Waals surface area contributed by atoms with Gasteiger partial charge in [-0.15, -0.1) is 0 Å². The fourth-order valence-corrected chi connectivity index (χ4v) is 5.58. The van der Waals surface area contributed by atoms with Gasteiger partial charge in [0, 0.05) is 18.3 Å². The molecule has 1 aliphatic carbocycles. The van der Waals surface area contributed by atoms with E-state index in [1.165, 1.54) is 42.5 Å². The average Bonchev–Trinajstić information content (AvgIpc) is 3.08. The molecule has 5 N–H and O–H groups in total. The summed E-state index contributed by atoms with van der Waals surface area (Å²) < 4.78 is 0. The van der Waals surface area contributed by atoms with E-state index in [1.807, 2.05) is 19.0 Å². The summed E-state index contributed by atoms with van der Waals surface area (Å²) in [6.45, 7) is 4.99. The van der Waals surface area contributed by atoms with Gasteiger partial charge in [-0.1, -0.05) is 79.6 Å². The van der Waals surface area contributed by atoms with Crippen molar-refractivity contribution in [2.45, 2.75) is 58.5 Å². The summed E-state index contributed by atoms with van der Waals surface area (Å²) >= 11 is 15.4. The molecule has 6 nitrogen and oxygen atoms in total. The number of halogens is 2. The minimum Gasteiger partial charge on any atom is -0.382 e. The van der Waals surface area contributed by atoms with Gasteiger partial charge in [-0.2, -0.15) is 0 Å². The van der Waals surface area contributed by atoms with Crippen LogP contribution in [0.1, 0.15) is 66.8 Å². The second-order valence-electron chi connectivity index (χ2n) is 8.94. The lowest BCUT2D eigenvalue weighted by Crippen LogP contribution is -2.22. The first-order chi connectivity index (χ1) is 15.6. The Hall–Kier alpha value is -1.03. The standard InChI is InChI=1S/C19H24Cl2N4OS.C4H11NS/c1-25(2)10-11-8-13(20)15(14(21)9-11)16(26)17-18(22)24-19(27-17)23-12-6-4-3-5-7-12;1-4(2)3-6-5/h8-9,12H,3-7,10,22H2,1-2H3,(H,23,24);4H,3,5H2,1-2H3. The Bertz CT molecular complexity index is 891. The Balaban J connectivity index is 0.000000569. The number of nitrogen functional groups attached to an aromatic ring is 1. The van der Waals surface area contributed by atoms with Crippen LogP contribution in [0.25, 0.3) is 0 Å². The van der Waals surface area contributed by atoms with Crippen LogP contribution < -0.4 is 16.2 Å². The molecule has 0 saturated heterocycles. The lowest BCUT2D eigenvalue weighted by Gasteiger charge is -2.22. The number of ketones is 1. The maximum Gasteiger partial charge on any atom is 0.209 e. The van der Waals surface area contributed by atoms with Crippen molar-refractivity contribution in [3.8, 4) is 0 Å². The van der Waals surface area contributed by atoms with Crippen molar-refractivity contribution >= 4 is 63.2 Å². The van der Waals surface area contributed by atoms with Crippen LogP contribution in [-0.2, 0) is 6.54 Å². The monoisotopic (exact) mass is 531 g/mol. The first-order valence-electron chi connectivity index (χ1n) is 11.1. The molecule has 1 aliphatic rings. The molecular formula is C23H35Cl2N5OS2. The van der Waals surface area contributed by atoms with Crippen LogP contribution in [-0.4, -0.2) is 41.6 Å². The van der Waals surface area contributed by atoms with Crippen LogP contribution in [0, 0.1) is 5.92 Å². The molecule has 0 bridgehead atoms. The van der Waals surface area contributed by atoms with Crippen molar-refractivity contribution < 1.29 is 4.79 Å². The van der Waals surface area contributed by atoms with E-state index in [0.717, 1.165) is 30.1 Å². The molecule has 1 aromatic carbocycles. The van der Waals surface area contributed by atoms with Gasteiger partial charge >= 0.3 is 0 Å². The Morgan fingerprint density at radius 2 is 1.85 bits per heavy atom. The molecular weight excluding hydrogens is 497 g/mol. The maximum atomic E-state index is 13.0. The summed E-state index contributed by atoms with van der Waals surface area (Å²) in [6.07, 6.45) is 5.95. The molecule has 0 amide bonds. The number of benzene rings is 1. The summed E-state index contributed by atoms with van der Waals surface area (Å²) in [5.41, 5.74) is 7.25. The summed E-state index contributed by atoms with van der Waals surface area (Å²) in [5.74, 6) is 1.74. The molecule has 1 fully saturated rings. The van der Waals surface area contributed by atoms with E-state index < -0.39 is 0 Å². The number of thiazole rings is 1. The molecule has 1 heterocycles. The number of carbonyl (C=O) groups is 1. The molecule has 0 atom stereocenters. The van der Waals surface area contributed by atoms with Crippen molar-refractivity contribution in [3.63, 3.8) is 0 Å². The third-order valence-electron chi connectivity index (χ3n) is 5.05. The predicted molar refractivity (Wildman–Crippen MR) is 146 cm³/mol. The topological polar surface area (TPSA) is 97.3 Å². The smallest absolute Gasteiger partial charge is 0.209 e. The van der Waals surface area contributed by atoms with Gasteiger partial charge in [0.25, 0.3) is 0 Å². The van der Waals surface area contributed by atoms with Gasteiger partial charge < -0.3 is 16.0 Å².